The van der Waals surface area contributed by atoms with E-state index in [4.69, 9.17) is 9.47 Å². The molecule has 0 saturated carbocycles. The van der Waals surface area contributed by atoms with Crippen LogP contribution in [0.25, 0.3) is 0 Å². The lowest BCUT2D eigenvalue weighted by molar-refractivity contribution is -0.149. The number of carbonyl (C=O) groups excluding carboxylic acids is 1. The zero-order valence-electron chi connectivity index (χ0n) is 13.4. The predicted octanol–water partition coefficient (Wildman–Crippen LogP) is 3.11. The van der Waals surface area contributed by atoms with Crippen LogP contribution in [0.1, 0.15) is 27.7 Å². The Morgan fingerprint density at radius 2 is 1.95 bits per heavy atom. The number of nitrogens with one attached hydrogen (secondary N) is 1. The fourth-order valence-corrected chi connectivity index (χ4v) is 2.97. The molecule has 1 aromatic rings. The minimum atomic E-state index is -0.700. The molecule has 1 unspecified atom stereocenters. The van der Waals surface area contributed by atoms with Gasteiger partial charge in [0.05, 0.1) is 13.7 Å². The van der Waals surface area contributed by atoms with Crippen LogP contribution < -0.4 is 10.1 Å². The quantitative estimate of drug-likeness (QED) is 0.590. The van der Waals surface area contributed by atoms with Crippen molar-refractivity contribution in [1.29, 1.82) is 0 Å². The molecule has 1 atom stereocenters. The van der Waals surface area contributed by atoms with Crippen molar-refractivity contribution in [2.24, 2.45) is 0 Å². The SMILES string of the molecule is CCOC(=O)C(C)(CSc1ccc(OC)cc1)NC(C)C. The van der Waals surface area contributed by atoms with Gasteiger partial charge < -0.3 is 9.47 Å². The number of methoxy groups -OCH3 is 1. The second-order valence-corrected chi connectivity index (χ2v) is 6.36. The van der Waals surface area contributed by atoms with Crippen LogP contribution in [0.3, 0.4) is 0 Å². The Labute approximate surface area is 131 Å². The smallest absolute Gasteiger partial charge is 0.326 e. The summed E-state index contributed by atoms with van der Waals surface area (Å²) in [6.07, 6.45) is 0. The van der Waals surface area contributed by atoms with Crippen molar-refractivity contribution in [2.45, 2.75) is 44.2 Å². The maximum Gasteiger partial charge on any atom is 0.326 e. The number of benzene rings is 1. The fraction of sp³-hybridized carbons (Fsp3) is 0.562. The summed E-state index contributed by atoms with van der Waals surface area (Å²) in [4.78, 5) is 13.3. The van der Waals surface area contributed by atoms with Crippen molar-refractivity contribution in [3.8, 4) is 5.75 Å². The van der Waals surface area contributed by atoms with E-state index in [9.17, 15) is 4.79 Å². The Bertz CT molecular complexity index is 447. The third-order valence-electron chi connectivity index (χ3n) is 2.92. The summed E-state index contributed by atoms with van der Waals surface area (Å²) in [5.74, 6) is 1.23. The third-order valence-corrected chi connectivity index (χ3v) is 4.25. The van der Waals surface area contributed by atoms with Crippen LogP contribution in [0.5, 0.6) is 5.75 Å². The highest BCUT2D eigenvalue weighted by Crippen LogP contribution is 2.26. The molecule has 0 spiro atoms. The molecule has 5 heteroatoms. The summed E-state index contributed by atoms with van der Waals surface area (Å²) in [7, 11) is 1.65. The molecule has 21 heavy (non-hydrogen) atoms. The first kappa shape index (κ1) is 17.9. The minimum absolute atomic E-state index is 0.205. The van der Waals surface area contributed by atoms with E-state index in [0.717, 1.165) is 10.6 Å². The lowest BCUT2D eigenvalue weighted by Crippen LogP contribution is -2.55. The normalized spacial score (nSPS) is 13.8. The number of rotatable bonds is 8. The summed E-state index contributed by atoms with van der Waals surface area (Å²) < 4.78 is 10.3. The number of hydrogen-bond acceptors (Lipinski definition) is 5. The van der Waals surface area contributed by atoms with Gasteiger partial charge in [0.2, 0.25) is 0 Å². The van der Waals surface area contributed by atoms with Gasteiger partial charge in [0.15, 0.2) is 0 Å². The summed E-state index contributed by atoms with van der Waals surface area (Å²) in [6, 6.07) is 8.02. The molecule has 4 nitrogen and oxygen atoms in total. The van der Waals surface area contributed by atoms with Crippen molar-refractivity contribution in [3.05, 3.63) is 24.3 Å². The maximum absolute atomic E-state index is 12.2. The standard InChI is InChI=1S/C16H25NO3S/c1-6-20-15(18)16(4,17-12(2)3)11-21-14-9-7-13(19-5)8-10-14/h7-10,12,17H,6,11H2,1-5H3. The van der Waals surface area contributed by atoms with Crippen LogP contribution in [-0.2, 0) is 9.53 Å². The van der Waals surface area contributed by atoms with E-state index in [-0.39, 0.29) is 12.0 Å². The van der Waals surface area contributed by atoms with Gasteiger partial charge in [-0.25, -0.2) is 0 Å². The second-order valence-electron chi connectivity index (χ2n) is 5.32. The van der Waals surface area contributed by atoms with Gasteiger partial charge in [0.1, 0.15) is 11.3 Å². The van der Waals surface area contributed by atoms with Crippen molar-refractivity contribution in [1.82, 2.24) is 5.32 Å². The van der Waals surface area contributed by atoms with Gasteiger partial charge in [-0.05, 0) is 52.0 Å². The Morgan fingerprint density at radius 1 is 1.33 bits per heavy atom. The summed E-state index contributed by atoms with van der Waals surface area (Å²) in [5, 5.41) is 3.31. The lowest BCUT2D eigenvalue weighted by atomic mass is 10.0. The van der Waals surface area contributed by atoms with Gasteiger partial charge >= 0.3 is 5.97 Å². The molecule has 0 bridgehead atoms. The summed E-state index contributed by atoms with van der Waals surface area (Å²) in [5.41, 5.74) is -0.700. The molecular weight excluding hydrogens is 286 g/mol. The highest BCUT2D eigenvalue weighted by atomic mass is 32.2. The molecule has 1 N–H and O–H groups in total. The van der Waals surface area contributed by atoms with Crippen LogP contribution in [0.2, 0.25) is 0 Å². The number of esters is 1. The van der Waals surface area contributed by atoms with Crippen molar-refractivity contribution < 1.29 is 14.3 Å². The zero-order chi connectivity index (χ0) is 15.9. The molecule has 0 amide bonds. The Hall–Kier alpha value is -1.20. The van der Waals surface area contributed by atoms with Gasteiger partial charge in [0, 0.05) is 16.7 Å². The molecule has 0 saturated heterocycles. The molecule has 1 aromatic carbocycles. The van der Waals surface area contributed by atoms with E-state index in [0.29, 0.717) is 12.4 Å². The monoisotopic (exact) mass is 311 g/mol. The number of ether oxygens (including phenoxy) is 2. The van der Waals surface area contributed by atoms with Crippen molar-refractivity contribution in [2.75, 3.05) is 19.5 Å². The Balaban J connectivity index is 2.73. The molecule has 0 aliphatic heterocycles. The van der Waals surface area contributed by atoms with Gasteiger partial charge in [-0.15, -0.1) is 11.8 Å². The van der Waals surface area contributed by atoms with E-state index >= 15 is 0 Å². The summed E-state index contributed by atoms with van der Waals surface area (Å²) in [6.45, 7) is 8.15. The largest absolute Gasteiger partial charge is 0.497 e. The molecule has 0 aromatic heterocycles. The topological polar surface area (TPSA) is 47.6 Å². The maximum atomic E-state index is 12.2. The highest BCUT2D eigenvalue weighted by molar-refractivity contribution is 7.99. The van der Waals surface area contributed by atoms with Crippen LogP contribution >= 0.6 is 11.8 Å². The highest BCUT2D eigenvalue weighted by Gasteiger charge is 2.35. The van der Waals surface area contributed by atoms with Gasteiger partial charge in [-0.3, -0.25) is 10.1 Å². The predicted molar refractivity (Wildman–Crippen MR) is 87.0 cm³/mol. The first-order chi connectivity index (χ1) is 9.91. The average Bonchev–Trinajstić information content (AvgIpc) is 2.45. The van der Waals surface area contributed by atoms with Gasteiger partial charge in [-0.2, -0.15) is 0 Å². The van der Waals surface area contributed by atoms with Crippen LogP contribution in [-0.4, -0.2) is 37.0 Å². The number of thioether (sulfide) groups is 1. The van der Waals surface area contributed by atoms with Crippen LogP contribution in [0.15, 0.2) is 29.2 Å². The molecule has 0 aliphatic carbocycles. The molecule has 1 rings (SSSR count). The third kappa shape index (κ3) is 5.59. The van der Waals surface area contributed by atoms with Crippen molar-refractivity contribution >= 4 is 17.7 Å². The fourth-order valence-electron chi connectivity index (χ4n) is 1.99. The number of hydrogen-bond donors (Lipinski definition) is 1. The van der Waals surface area contributed by atoms with Crippen LogP contribution in [0, 0.1) is 0 Å². The van der Waals surface area contributed by atoms with E-state index in [1.807, 2.05) is 52.0 Å². The zero-order valence-corrected chi connectivity index (χ0v) is 14.3. The molecule has 0 heterocycles. The van der Waals surface area contributed by atoms with Gasteiger partial charge in [0.25, 0.3) is 0 Å². The number of carbonyl (C=O) groups is 1. The van der Waals surface area contributed by atoms with E-state index in [2.05, 4.69) is 5.32 Å². The lowest BCUT2D eigenvalue weighted by Gasteiger charge is -2.30. The van der Waals surface area contributed by atoms with E-state index in [1.54, 1.807) is 18.9 Å². The minimum Gasteiger partial charge on any atom is -0.497 e. The molecule has 0 aliphatic rings. The first-order valence-corrected chi connectivity index (χ1v) is 8.11. The molecule has 0 fully saturated rings. The Kier molecular flexibility index (Phi) is 7.05. The van der Waals surface area contributed by atoms with E-state index < -0.39 is 5.54 Å². The second kappa shape index (κ2) is 8.29. The van der Waals surface area contributed by atoms with Crippen molar-refractivity contribution in [3.63, 3.8) is 0 Å². The summed E-state index contributed by atoms with van der Waals surface area (Å²) >= 11 is 1.62. The molecular formula is C16H25NO3S. The van der Waals surface area contributed by atoms with E-state index in [1.165, 1.54) is 0 Å². The molecule has 0 radical (unpaired) electrons. The Morgan fingerprint density at radius 3 is 2.43 bits per heavy atom. The first-order valence-electron chi connectivity index (χ1n) is 7.13. The van der Waals surface area contributed by atoms with Crippen LogP contribution in [0.4, 0.5) is 0 Å². The average molecular weight is 311 g/mol. The molecule has 118 valence electrons. The van der Waals surface area contributed by atoms with Gasteiger partial charge in [-0.1, -0.05) is 0 Å².